The first kappa shape index (κ1) is 16.8. The zero-order valence-corrected chi connectivity index (χ0v) is 14.4. The molecule has 1 aromatic heterocycles. The third-order valence-corrected chi connectivity index (χ3v) is 5.28. The Bertz CT molecular complexity index is 1010. The first-order valence-electron chi connectivity index (χ1n) is 8.05. The molecule has 7 heteroatoms. The van der Waals surface area contributed by atoms with E-state index in [0.29, 0.717) is 18.2 Å². The van der Waals surface area contributed by atoms with Crippen LogP contribution in [0.2, 0.25) is 0 Å². The Hall–Kier alpha value is -2.67. The number of carbonyl (C=O) groups excluding carboxylic acids is 2. The second kappa shape index (κ2) is 6.57. The van der Waals surface area contributed by atoms with Crippen LogP contribution in [-0.4, -0.2) is 21.0 Å². The van der Waals surface area contributed by atoms with Gasteiger partial charge >= 0.3 is 0 Å². The summed E-state index contributed by atoms with van der Waals surface area (Å²) in [4.78, 5) is 23.2. The Morgan fingerprint density at radius 1 is 1.04 bits per heavy atom. The minimum Gasteiger partial charge on any atom is -0.343 e. The van der Waals surface area contributed by atoms with E-state index in [2.05, 4.69) is 5.32 Å². The molecular weight excluding hydrogens is 358 g/mol. The van der Waals surface area contributed by atoms with E-state index in [-0.39, 0.29) is 22.5 Å². The van der Waals surface area contributed by atoms with Crippen molar-refractivity contribution < 1.29 is 18.4 Å². The Morgan fingerprint density at radius 2 is 1.77 bits per heavy atom. The molecule has 0 radical (unpaired) electrons. The van der Waals surface area contributed by atoms with Gasteiger partial charge in [0.2, 0.25) is 5.12 Å². The normalized spacial score (nSPS) is 17.1. The quantitative estimate of drug-likeness (QED) is 0.757. The molecule has 0 bridgehead atoms. The number of thioether (sulfide) groups is 1. The molecule has 4 rings (SSSR count). The number of benzene rings is 2. The molecule has 26 heavy (non-hydrogen) atoms. The average molecular weight is 372 g/mol. The van der Waals surface area contributed by atoms with Gasteiger partial charge in [0.15, 0.2) is 0 Å². The molecule has 1 unspecified atom stereocenters. The summed E-state index contributed by atoms with van der Waals surface area (Å²) in [6, 6.07) is 10.7. The fourth-order valence-corrected chi connectivity index (χ4v) is 3.87. The molecule has 1 aliphatic rings. The molecule has 0 saturated carbocycles. The maximum absolute atomic E-state index is 13.9. The van der Waals surface area contributed by atoms with Crippen LogP contribution in [0.15, 0.2) is 48.7 Å². The van der Waals surface area contributed by atoms with E-state index in [0.717, 1.165) is 16.5 Å². The molecule has 132 valence electrons. The molecule has 1 saturated heterocycles. The van der Waals surface area contributed by atoms with E-state index in [9.17, 15) is 18.4 Å². The van der Waals surface area contributed by atoms with E-state index in [4.69, 9.17) is 0 Å². The van der Waals surface area contributed by atoms with Gasteiger partial charge in [0.05, 0.1) is 6.54 Å². The van der Waals surface area contributed by atoms with Gasteiger partial charge in [-0.05, 0) is 29.8 Å². The lowest BCUT2D eigenvalue weighted by Gasteiger charge is -2.11. The van der Waals surface area contributed by atoms with Crippen molar-refractivity contribution in [2.24, 2.45) is 0 Å². The van der Waals surface area contributed by atoms with E-state index in [1.54, 1.807) is 10.8 Å². The number of nitrogens with one attached hydrogen (secondary N) is 1. The number of aromatic nitrogens is 1. The van der Waals surface area contributed by atoms with Crippen molar-refractivity contribution in [2.75, 3.05) is 0 Å². The molecule has 1 atom stereocenters. The second-order valence-electron chi connectivity index (χ2n) is 6.10. The SMILES string of the molecule is O=C1NC(Cc2cccc3c2ccn3Cc2c(F)cccc2F)C(=O)S1. The minimum absolute atomic E-state index is 0.00466. The van der Waals surface area contributed by atoms with Crippen LogP contribution < -0.4 is 5.32 Å². The number of rotatable bonds is 4. The number of nitrogens with zero attached hydrogens (tertiary/aromatic N) is 1. The van der Waals surface area contributed by atoms with Crippen molar-refractivity contribution in [3.8, 4) is 0 Å². The van der Waals surface area contributed by atoms with Gasteiger partial charge in [-0.25, -0.2) is 8.78 Å². The lowest BCUT2D eigenvalue weighted by atomic mass is 10.0. The molecule has 4 nitrogen and oxygen atoms in total. The number of amides is 1. The summed E-state index contributed by atoms with van der Waals surface area (Å²) in [5.41, 5.74) is 1.72. The smallest absolute Gasteiger partial charge is 0.287 e. The predicted octanol–water partition coefficient (Wildman–Crippen LogP) is 3.86. The van der Waals surface area contributed by atoms with Crippen LogP contribution in [0.25, 0.3) is 10.9 Å². The molecule has 3 aromatic rings. The van der Waals surface area contributed by atoms with Crippen molar-refractivity contribution in [2.45, 2.75) is 19.0 Å². The van der Waals surface area contributed by atoms with Crippen molar-refractivity contribution >= 4 is 33.0 Å². The van der Waals surface area contributed by atoms with Crippen LogP contribution in [0.5, 0.6) is 0 Å². The third kappa shape index (κ3) is 2.99. The van der Waals surface area contributed by atoms with Gasteiger partial charge in [0.25, 0.3) is 5.24 Å². The lowest BCUT2D eigenvalue weighted by Crippen LogP contribution is -2.30. The summed E-state index contributed by atoms with van der Waals surface area (Å²) >= 11 is 0.686. The summed E-state index contributed by atoms with van der Waals surface area (Å²) in [5.74, 6) is -1.17. The fourth-order valence-electron chi connectivity index (χ4n) is 3.20. The fraction of sp³-hybridized carbons (Fsp3) is 0.158. The molecule has 0 spiro atoms. The van der Waals surface area contributed by atoms with Crippen LogP contribution in [0.3, 0.4) is 0 Å². The minimum atomic E-state index is -0.584. The zero-order valence-electron chi connectivity index (χ0n) is 13.5. The maximum atomic E-state index is 13.9. The Balaban J connectivity index is 1.67. The van der Waals surface area contributed by atoms with E-state index >= 15 is 0 Å². The van der Waals surface area contributed by atoms with Gasteiger partial charge in [-0.2, -0.15) is 0 Å². The molecular formula is C19H14F2N2O2S. The summed E-state index contributed by atoms with van der Waals surface area (Å²) in [6.45, 7) is 0.0698. The van der Waals surface area contributed by atoms with Crippen LogP contribution in [0.1, 0.15) is 11.1 Å². The first-order valence-corrected chi connectivity index (χ1v) is 8.86. The molecule has 2 heterocycles. The topological polar surface area (TPSA) is 51.1 Å². The molecule has 1 fully saturated rings. The Kier molecular flexibility index (Phi) is 4.24. The van der Waals surface area contributed by atoms with Crippen LogP contribution in [0, 0.1) is 11.6 Å². The molecule has 1 aliphatic heterocycles. The zero-order chi connectivity index (χ0) is 18.3. The molecule has 0 aliphatic carbocycles. The maximum Gasteiger partial charge on any atom is 0.287 e. The highest BCUT2D eigenvalue weighted by molar-refractivity contribution is 8.26. The summed E-state index contributed by atoms with van der Waals surface area (Å²) < 4.78 is 29.6. The van der Waals surface area contributed by atoms with Crippen molar-refractivity contribution in [3.63, 3.8) is 0 Å². The van der Waals surface area contributed by atoms with Crippen LogP contribution in [0.4, 0.5) is 13.6 Å². The van der Waals surface area contributed by atoms with Crippen molar-refractivity contribution in [1.82, 2.24) is 9.88 Å². The summed E-state index contributed by atoms with van der Waals surface area (Å²) in [5, 5.41) is 3.01. The number of fused-ring (bicyclic) bond motifs is 1. The lowest BCUT2D eigenvalue weighted by molar-refractivity contribution is -0.112. The van der Waals surface area contributed by atoms with Crippen molar-refractivity contribution in [3.05, 3.63) is 71.4 Å². The van der Waals surface area contributed by atoms with Gasteiger partial charge in [0.1, 0.15) is 17.7 Å². The van der Waals surface area contributed by atoms with E-state index < -0.39 is 17.7 Å². The van der Waals surface area contributed by atoms with Gasteiger partial charge in [0, 0.05) is 40.8 Å². The van der Waals surface area contributed by atoms with Crippen LogP contribution in [-0.2, 0) is 17.8 Å². The van der Waals surface area contributed by atoms with Crippen molar-refractivity contribution in [1.29, 1.82) is 0 Å². The summed E-state index contributed by atoms with van der Waals surface area (Å²) in [6.07, 6.45) is 2.15. The molecule has 1 N–H and O–H groups in total. The predicted molar refractivity (Wildman–Crippen MR) is 96.0 cm³/mol. The van der Waals surface area contributed by atoms with E-state index in [1.165, 1.54) is 18.2 Å². The van der Waals surface area contributed by atoms with E-state index in [1.807, 2.05) is 24.3 Å². The van der Waals surface area contributed by atoms with Gasteiger partial charge in [-0.3, -0.25) is 9.59 Å². The monoisotopic (exact) mass is 372 g/mol. The number of hydrogen-bond acceptors (Lipinski definition) is 3. The van der Waals surface area contributed by atoms with Gasteiger partial charge in [-0.1, -0.05) is 18.2 Å². The van der Waals surface area contributed by atoms with Gasteiger partial charge in [-0.15, -0.1) is 0 Å². The first-order chi connectivity index (χ1) is 12.5. The number of hydrogen-bond donors (Lipinski definition) is 1. The third-order valence-electron chi connectivity index (χ3n) is 4.49. The molecule has 2 aromatic carbocycles. The highest BCUT2D eigenvalue weighted by Gasteiger charge is 2.31. The average Bonchev–Trinajstić information content (AvgIpc) is 3.15. The van der Waals surface area contributed by atoms with Gasteiger partial charge < -0.3 is 9.88 Å². The summed E-state index contributed by atoms with van der Waals surface area (Å²) in [7, 11) is 0. The molecule has 1 amide bonds. The van der Waals surface area contributed by atoms with Crippen LogP contribution >= 0.6 is 11.8 Å². The highest BCUT2D eigenvalue weighted by atomic mass is 32.2. The second-order valence-corrected chi connectivity index (χ2v) is 7.08. The Morgan fingerprint density at radius 3 is 2.46 bits per heavy atom. The Labute approximate surface area is 152 Å². The highest BCUT2D eigenvalue weighted by Crippen LogP contribution is 2.26. The standard InChI is InChI=1S/C19H14F2N2O2S/c20-14-4-2-5-15(21)13(14)10-23-8-7-12-11(3-1-6-17(12)23)9-16-18(24)26-19(25)22-16/h1-8,16H,9-10H2,(H,22,25). The largest absolute Gasteiger partial charge is 0.343 e. The number of halogens is 2. The number of carbonyl (C=O) groups is 2.